The van der Waals surface area contributed by atoms with Crippen molar-refractivity contribution in [3.05, 3.63) is 29.8 Å². The standard InChI is InChI=1S/C16H20N2O3/c1-2-7-18(13-9-17-10-13)16(19)6-4-12-3-5-14-15(8-12)21-11-20-14/h3-6,8,13,17H,2,7,9-11H2,1H3. The molecule has 1 saturated heterocycles. The highest BCUT2D eigenvalue weighted by Gasteiger charge is 2.26. The summed E-state index contributed by atoms with van der Waals surface area (Å²) in [5, 5.41) is 3.21. The molecular formula is C16H20N2O3. The number of hydrogen-bond acceptors (Lipinski definition) is 4. The second-order valence-corrected chi connectivity index (χ2v) is 5.29. The number of benzene rings is 1. The van der Waals surface area contributed by atoms with Gasteiger partial charge in [0.15, 0.2) is 11.5 Å². The number of hydrogen-bond donors (Lipinski definition) is 1. The first-order chi connectivity index (χ1) is 10.3. The minimum Gasteiger partial charge on any atom is -0.454 e. The first kappa shape index (κ1) is 13.9. The Labute approximate surface area is 124 Å². The Morgan fingerprint density at radius 1 is 1.38 bits per heavy atom. The van der Waals surface area contributed by atoms with E-state index in [9.17, 15) is 4.79 Å². The summed E-state index contributed by atoms with van der Waals surface area (Å²) in [5.74, 6) is 1.56. The van der Waals surface area contributed by atoms with Gasteiger partial charge in [0, 0.05) is 25.7 Å². The van der Waals surface area contributed by atoms with Gasteiger partial charge in [0.1, 0.15) is 0 Å². The Balaban J connectivity index is 1.67. The smallest absolute Gasteiger partial charge is 0.246 e. The summed E-state index contributed by atoms with van der Waals surface area (Å²) in [6.45, 7) is 4.94. The van der Waals surface area contributed by atoms with Gasteiger partial charge in [-0.25, -0.2) is 0 Å². The molecule has 2 aliphatic rings. The molecule has 1 fully saturated rings. The highest BCUT2D eigenvalue weighted by atomic mass is 16.7. The van der Waals surface area contributed by atoms with E-state index >= 15 is 0 Å². The fourth-order valence-corrected chi connectivity index (χ4v) is 2.49. The summed E-state index contributed by atoms with van der Waals surface area (Å²) >= 11 is 0. The van der Waals surface area contributed by atoms with Crippen molar-refractivity contribution in [1.82, 2.24) is 10.2 Å². The highest BCUT2D eigenvalue weighted by molar-refractivity contribution is 5.92. The van der Waals surface area contributed by atoms with Gasteiger partial charge in [0.25, 0.3) is 0 Å². The van der Waals surface area contributed by atoms with Gasteiger partial charge in [-0.05, 0) is 30.2 Å². The molecule has 0 unspecified atom stereocenters. The van der Waals surface area contributed by atoms with Crippen LogP contribution in [-0.4, -0.2) is 43.3 Å². The van der Waals surface area contributed by atoms with Gasteiger partial charge >= 0.3 is 0 Å². The van der Waals surface area contributed by atoms with Crippen molar-refractivity contribution in [2.45, 2.75) is 19.4 Å². The van der Waals surface area contributed by atoms with Crippen LogP contribution in [0.2, 0.25) is 0 Å². The number of fused-ring (bicyclic) bond motifs is 1. The molecule has 1 N–H and O–H groups in total. The Morgan fingerprint density at radius 2 is 2.19 bits per heavy atom. The van der Waals surface area contributed by atoms with E-state index in [0.29, 0.717) is 6.04 Å². The van der Waals surface area contributed by atoms with E-state index in [1.54, 1.807) is 6.08 Å². The van der Waals surface area contributed by atoms with Gasteiger partial charge in [0.2, 0.25) is 12.7 Å². The van der Waals surface area contributed by atoms with Crippen molar-refractivity contribution in [3.63, 3.8) is 0 Å². The summed E-state index contributed by atoms with van der Waals surface area (Å²) in [5.41, 5.74) is 0.941. The van der Waals surface area contributed by atoms with E-state index in [2.05, 4.69) is 12.2 Å². The Bertz CT molecular complexity index is 552. The first-order valence-corrected chi connectivity index (χ1v) is 7.37. The van der Waals surface area contributed by atoms with Crippen LogP contribution >= 0.6 is 0 Å². The highest BCUT2D eigenvalue weighted by Crippen LogP contribution is 2.32. The van der Waals surface area contributed by atoms with Gasteiger partial charge in [-0.15, -0.1) is 0 Å². The van der Waals surface area contributed by atoms with Crippen molar-refractivity contribution in [2.75, 3.05) is 26.4 Å². The Morgan fingerprint density at radius 3 is 2.90 bits per heavy atom. The monoisotopic (exact) mass is 288 g/mol. The third kappa shape index (κ3) is 3.03. The van der Waals surface area contributed by atoms with Gasteiger partial charge in [0.05, 0.1) is 6.04 Å². The summed E-state index contributed by atoms with van der Waals surface area (Å²) < 4.78 is 10.6. The maximum Gasteiger partial charge on any atom is 0.246 e. The molecule has 0 aliphatic carbocycles. The number of rotatable bonds is 5. The molecule has 1 aromatic rings. The van der Waals surface area contributed by atoms with Gasteiger partial charge in [-0.3, -0.25) is 4.79 Å². The molecule has 0 radical (unpaired) electrons. The van der Waals surface area contributed by atoms with Crippen molar-refractivity contribution < 1.29 is 14.3 Å². The van der Waals surface area contributed by atoms with Crippen LogP contribution in [0, 0.1) is 0 Å². The Hall–Kier alpha value is -2.01. The molecule has 1 amide bonds. The lowest BCUT2D eigenvalue weighted by atomic mass is 10.1. The molecule has 112 valence electrons. The number of nitrogens with one attached hydrogen (secondary N) is 1. The summed E-state index contributed by atoms with van der Waals surface area (Å²) in [7, 11) is 0. The maximum absolute atomic E-state index is 12.3. The topological polar surface area (TPSA) is 50.8 Å². The fraction of sp³-hybridized carbons (Fsp3) is 0.438. The first-order valence-electron chi connectivity index (χ1n) is 7.37. The summed E-state index contributed by atoms with van der Waals surface area (Å²) in [6.07, 6.45) is 4.45. The van der Waals surface area contributed by atoms with Crippen LogP contribution in [0.5, 0.6) is 11.5 Å². The zero-order valence-corrected chi connectivity index (χ0v) is 12.2. The van der Waals surface area contributed by atoms with Crippen LogP contribution in [0.15, 0.2) is 24.3 Å². The van der Waals surface area contributed by atoms with E-state index in [1.807, 2.05) is 29.2 Å². The van der Waals surface area contributed by atoms with Gasteiger partial charge < -0.3 is 19.7 Å². The van der Waals surface area contributed by atoms with Gasteiger partial charge in [-0.2, -0.15) is 0 Å². The molecule has 0 bridgehead atoms. The van der Waals surface area contributed by atoms with Crippen molar-refractivity contribution >= 4 is 12.0 Å². The lowest BCUT2D eigenvalue weighted by molar-refractivity contribution is -0.129. The second-order valence-electron chi connectivity index (χ2n) is 5.29. The third-order valence-electron chi connectivity index (χ3n) is 3.76. The van der Waals surface area contributed by atoms with Crippen LogP contribution in [0.3, 0.4) is 0 Å². The molecule has 0 aromatic heterocycles. The number of carbonyl (C=O) groups is 1. The molecule has 2 aliphatic heterocycles. The minimum atomic E-state index is 0.0704. The van der Waals surface area contributed by atoms with Crippen molar-refractivity contribution in [1.29, 1.82) is 0 Å². The van der Waals surface area contributed by atoms with Crippen LogP contribution in [-0.2, 0) is 4.79 Å². The average molecular weight is 288 g/mol. The molecule has 2 heterocycles. The van der Waals surface area contributed by atoms with E-state index < -0.39 is 0 Å². The Kier molecular flexibility index (Phi) is 4.10. The van der Waals surface area contributed by atoms with Crippen LogP contribution < -0.4 is 14.8 Å². The van der Waals surface area contributed by atoms with Crippen molar-refractivity contribution in [3.8, 4) is 11.5 Å². The normalized spacial score (nSPS) is 17.0. The van der Waals surface area contributed by atoms with E-state index in [-0.39, 0.29) is 12.7 Å². The molecule has 1 aromatic carbocycles. The lowest BCUT2D eigenvalue weighted by Gasteiger charge is -2.37. The SMILES string of the molecule is CCCN(C(=O)C=Cc1ccc2c(c1)OCO2)C1CNC1. The lowest BCUT2D eigenvalue weighted by Crippen LogP contribution is -2.58. The number of carbonyl (C=O) groups excluding carboxylic acids is 1. The zero-order valence-electron chi connectivity index (χ0n) is 12.2. The van der Waals surface area contributed by atoms with E-state index in [1.165, 1.54) is 0 Å². The molecule has 21 heavy (non-hydrogen) atoms. The van der Waals surface area contributed by atoms with Crippen LogP contribution in [0.4, 0.5) is 0 Å². The molecule has 0 saturated carbocycles. The second kappa shape index (κ2) is 6.18. The van der Waals surface area contributed by atoms with Crippen LogP contribution in [0.25, 0.3) is 6.08 Å². The van der Waals surface area contributed by atoms with Crippen LogP contribution in [0.1, 0.15) is 18.9 Å². The summed E-state index contributed by atoms with van der Waals surface area (Å²) in [4.78, 5) is 14.3. The molecular weight excluding hydrogens is 268 g/mol. The van der Waals surface area contributed by atoms with Gasteiger partial charge in [-0.1, -0.05) is 13.0 Å². The number of nitrogens with zero attached hydrogens (tertiary/aromatic N) is 1. The zero-order chi connectivity index (χ0) is 14.7. The summed E-state index contributed by atoms with van der Waals surface area (Å²) in [6, 6.07) is 6.01. The number of ether oxygens (including phenoxy) is 2. The average Bonchev–Trinajstić information content (AvgIpc) is 2.89. The predicted octanol–water partition coefficient (Wildman–Crippen LogP) is 1.64. The third-order valence-corrected chi connectivity index (χ3v) is 3.76. The van der Waals surface area contributed by atoms with E-state index in [0.717, 1.165) is 43.1 Å². The largest absolute Gasteiger partial charge is 0.454 e. The number of amides is 1. The minimum absolute atomic E-state index is 0.0704. The van der Waals surface area contributed by atoms with E-state index in [4.69, 9.17) is 9.47 Å². The molecule has 3 rings (SSSR count). The molecule has 0 atom stereocenters. The van der Waals surface area contributed by atoms with Crippen molar-refractivity contribution in [2.24, 2.45) is 0 Å². The quantitative estimate of drug-likeness (QED) is 0.837. The maximum atomic E-state index is 12.3. The predicted molar refractivity (Wildman–Crippen MR) is 80.3 cm³/mol. The molecule has 0 spiro atoms. The molecule has 5 nitrogen and oxygen atoms in total. The molecule has 5 heteroatoms. The fourth-order valence-electron chi connectivity index (χ4n) is 2.49.